The van der Waals surface area contributed by atoms with Crippen LogP contribution in [0.3, 0.4) is 0 Å². The van der Waals surface area contributed by atoms with Crippen LogP contribution in [0.2, 0.25) is 0 Å². The van der Waals surface area contributed by atoms with Gasteiger partial charge in [-0.2, -0.15) is 0 Å². The van der Waals surface area contributed by atoms with Crippen molar-refractivity contribution in [2.75, 3.05) is 0 Å². The molecule has 0 fully saturated rings. The Morgan fingerprint density at radius 3 is 2.18 bits per heavy atom. The van der Waals surface area contributed by atoms with Crippen LogP contribution < -0.4 is 4.74 Å². The Balaban J connectivity index is 2.47. The van der Waals surface area contributed by atoms with Gasteiger partial charge in [-0.25, -0.2) is 9.59 Å². The Hall–Kier alpha value is -3.17. The highest BCUT2D eigenvalue weighted by atomic mass is 16.8. The number of nitro benzene ring substituents is 1. The van der Waals surface area contributed by atoms with Crippen LogP contribution in [0.5, 0.6) is 5.75 Å². The predicted molar refractivity (Wildman–Crippen MR) is 67.9 cm³/mol. The van der Waals surface area contributed by atoms with Crippen molar-refractivity contribution in [1.29, 1.82) is 0 Å². The topological polar surface area (TPSA) is 131 Å². The normalized spacial score (nSPS) is 11.0. The summed E-state index contributed by atoms with van der Waals surface area (Å²) in [6.45, 7) is 2.35. The molecule has 118 valence electrons. The van der Waals surface area contributed by atoms with Crippen LogP contribution in [0.4, 0.5) is 15.3 Å². The molecule has 10 nitrogen and oxygen atoms in total. The molecule has 1 rings (SSSR count). The second-order valence-corrected chi connectivity index (χ2v) is 3.75. The Morgan fingerprint density at radius 1 is 1.09 bits per heavy atom. The number of non-ortho nitro benzene ring substituents is 1. The quantitative estimate of drug-likeness (QED) is 0.205. The fraction of sp³-hybridized carbons (Fsp3) is 0.250. The molecule has 1 aromatic rings. The number of nitrogens with zero attached hydrogens (tertiary/aromatic N) is 1. The Kier molecular flexibility index (Phi) is 5.81. The number of hydrogen-bond donors (Lipinski definition) is 0. The molecule has 0 bridgehead atoms. The molecule has 0 heterocycles. The summed E-state index contributed by atoms with van der Waals surface area (Å²) in [5.41, 5.74) is -0.199. The van der Waals surface area contributed by atoms with E-state index in [-0.39, 0.29) is 11.4 Å². The molecule has 0 N–H and O–H groups in total. The largest absolute Gasteiger partial charge is 0.524 e. The average molecular weight is 313 g/mol. The molecular formula is C12H11NO9. The molecule has 1 aromatic carbocycles. The second-order valence-electron chi connectivity index (χ2n) is 3.75. The van der Waals surface area contributed by atoms with Gasteiger partial charge in [0.05, 0.1) is 4.92 Å². The number of ether oxygens (including phenoxy) is 4. The Labute approximate surface area is 123 Å². The van der Waals surface area contributed by atoms with Gasteiger partial charge in [-0.3, -0.25) is 14.9 Å². The number of hydrogen-bond acceptors (Lipinski definition) is 9. The maximum Gasteiger partial charge on any atom is 0.524 e. The van der Waals surface area contributed by atoms with Crippen LogP contribution in [0.1, 0.15) is 13.8 Å². The van der Waals surface area contributed by atoms with Crippen molar-refractivity contribution in [3.05, 3.63) is 34.4 Å². The van der Waals surface area contributed by atoms with Crippen LogP contribution in [0.25, 0.3) is 0 Å². The third-order valence-corrected chi connectivity index (χ3v) is 2.01. The molecule has 0 saturated carbocycles. The number of esters is 1. The van der Waals surface area contributed by atoms with Gasteiger partial charge in [-0.05, 0) is 12.1 Å². The van der Waals surface area contributed by atoms with E-state index < -0.39 is 29.5 Å². The van der Waals surface area contributed by atoms with Crippen LogP contribution in [0, 0.1) is 10.1 Å². The molecule has 22 heavy (non-hydrogen) atoms. The summed E-state index contributed by atoms with van der Waals surface area (Å²) in [6, 6.07) is 4.49. The molecule has 0 radical (unpaired) electrons. The maximum absolute atomic E-state index is 11.3. The highest BCUT2D eigenvalue weighted by Crippen LogP contribution is 2.17. The molecule has 1 atom stereocenters. The lowest BCUT2D eigenvalue weighted by Crippen LogP contribution is -2.24. The number of carbonyl (C=O) groups excluding carboxylic acids is 3. The van der Waals surface area contributed by atoms with E-state index in [1.807, 2.05) is 0 Å². The third-order valence-electron chi connectivity index (χ3n) is 2.01. The van der Waals surface area contributed by atoms with Crippen molar-refractivity contribution in [1.82, 2.24) is 0 Å². The molecule has 0 aliphatic heterocycles. The van der Waals surface area contributed by atoms with Gasteiger partial charge < -0.3 is 18.9 Å². The minimum atomic E-state index is -1.43. The van der Waals surface area contributed by atoms with Crippen molar-refractivity contribution in [2.24, 2.45) is 0 Å². The summed E-state index contributed by atoms with van der Waals surface area (Å²) in [6.07, 6.45) is -4.08. The molecule has 0 aliphatic rings. The monoisotopic (exact) mass is 313 g/mol. The van der Waals surface area contributed by atoms with E-state index in [9.17, 15) is 24.5 Å². The van der Waals surface area contributed by atoms with Gasteiger partial charge in [0.15, 0.2) is 0 Å². The smallest absolute Gasteiger partial charge is 0.426 e. The van der Waals surface area contributed by atoms with Gasteiger partial charge >= 0.3 is 18.3 Å². The van der Waals surface area contributed by atoms with Gasteiger partial charge in [0.2, 0.25) is 6.29 Å². The highest BCUT2D eigenvalue weighted by Gasteiger charge is 2.18. The SMILES string of the molecule is CC(=O)OC(C)OC(=O)OC(=O)Oc1ccc([N+](=O)[O-])cc1. The first-order valence-corrected chi connectivity index (χ1v) is 5.80. The molecule has 0 aromatic heterocycles. The lowest BCUT2D eigenvalue weighted by molar-refractivity contribution is -0.384. The van der Waals surface area contributed by atoms with E-state index in [1.54, 1.807) is 0 Å². The van der Waals surface area contributed by atoms with Gasteiger partial charge in [0.25, 0.3) is 5.69 Å². The van der Waals surface area contributed by atoms with E-state index in [1.165, 1.54) is 6.92 Å². The van der Waals surface area contributed by atoms with E-state index in [2.05, 4.69) is 18.9 Å². The summed E-state index contributed by atoms with van der Waals surface area (Å²) in [5.74, 6) is -0.759. The lowest BCUT2D eigenvalue weighted by Gasteiger charge is -2.11. The molecule has 0 saturated heterocycles. The molecule has 0 amide bonds. The first-order chi connectivity index (χ1) is 10.3. The fourth-order valence-corrected chi connectivity index (χ4v) is 1.24. The maximum atomic E-state index is 11.3. The predicted octanol–water partition coefficient (Wildman–Crippen LogP) is 2.16. The first-order valence-electron chi connectivity index (χ1n) is 5.80. The molecule has 0 aliphatic carbocycles. The van der Waals surface area contributed by atoms with Crippen LogP contribution in [0.15, 0.2) is 24.3 Å². The van der Waals surface area contributed by atoms with Gasteiger partial charge in [-0.15, -0.1) is 0 Å². The summed E-state index contributed by atoms with van der Waals surface area (Å²) in [4.78, 5) is 42.8. The highest BCUT2D eigenvalue weighted by molar-refractivity contribution is 5.78. The van der Waals surface area contributed by atoms with E-state index >= 15 is 0 Å². The number of rotatable bonds is 4. The van der Waals surface area contributed by atoms with Gasteiger partial charge in [-0.1, -0.05) is 0 Å². The summed E-state index contributed by atoms with van der Waals surface area (Å²) in [5, 5.41) is 10.4. The van der Waals surface area contributed by atoms with Crippen LogP contribution >= 0.6 is 0 Å². The molecular weight excluding hydrogens is 302 g/mol. The minimum absolute atomic E-state index is 0.0727. The molecule has 10 heteroatoms. The third kappa shape index (κ3) is 5.86. The zero-order chi connectivity index (χ0) is 16.7. The Bertz CT molecular complexity index is 581. The number of benzene rings is 1. The molecule has 0 spiro atoms. The molecule has 1 unspecified atom stereocenters. The van der Waals surface area contributed by atoms with Crippen molar-refractivity contribution in [3.8, 4) is 5.75 Å². The summed E-state index contributed by atoms with van der Waals surface area (Å²) >= 11 is 0. The van der Waals surface area contributed by atoms with Crippen molar-refractivity contribution in [3.63, 3.8) is 0 Å². The van der Waals surface area contributed by atoms with E-state index in [4.69, 9.17) is 0 Å². The van der Waals surface area contributed by atoms with Gasteiger partial charge in [0, 0.05) is 26.0 Å². The minimum Gasteiger partial charge on any atom is -0.426 e. The zero-order valence-corrected chi connectivity index (χ0v) is 11.5. The van der Waals surface area contributed by atoms with Crippen molar-refractivity contribution in [2.45, 2.75) is 20.1 Å². The summed E-state index contributed by atoms with van der Waals surface area (Å²) in [7, 11) is 0. The van der Waals surface area contributed by atoms with E-state index in [0.29, 0.717) is 0 Å². The zero-order valence-electron chi connectivity index (χ0n) is 11.5. The van der Waals surface area contributed by atoms with Crippen molar-refractivity contribution < 1.29 is 38.3 Å². The number of carbonyl (C=O) groups is 3. The fourth-order valence-electron chi connectivity index (χ4n) is 1.24. The second kappa shape index (κ2) is 7.57. The lowest BCUT2D eigenvalue weighted by atomic mass is 10.3. The summed E-state index contributed by atoms with van der Waals surface area (Å²) < 4.78 is 17.6. The standard InChI is InChI=1S/C12H11NO9/c1-7(14)19-8(2)20-11(15)22-12(16)21-10-5-3-9(4-6-10)13(17)18/h3-6,8H,1-2H3. The van der Waals surface area contributed by atoms with Crippen molar-refractivity contribution >= 4 is 24.0 Å². The first kappa shape index (κ1) is 16.9. The van der Waals surface area contributed by atoms with Crippen LogP contribution in [-0.4, -0.2) is 29.5 Å². The van der Waals surface area contributed by atoms with Crippen LogP contribution in [-0.2, 0) is 19.0 Å². The Morgan fingerprint density at radius 2 is 1.68 bits per heavy atom. The average Bonchev–Trinajstić information content (AvgIpc) is 2.37. The number of nitro groups is 1. The van der Waals surface area contributed by atoms with E-state index in [0.717, 1.165) is 31.2 Å². The van der Waals surface area contributed by atoms with Gasteiger partial charge in [0.1, 0.15) is 5.75 Å².